The summed E-state index contributed by atoms with van der Waals surface area (Å²) >= 11 is 1.45. The van der Waals surface area contributed by atoms with E-state index in [4.69, 9.17) is 5.26 Å². The van der Waals surface area contributed by atoms with Gasteiger partial charge in [0.25, 0.3) is 5.56 Å². The van der Waals surface area contributed by atoms with Gasteiger partial charge in [-0.3, -0.25) is 9.78 Å². The van der Waals surface area contributed by atoms with E-state index in [2.05, 4.69) is 16.0 Å². The van der Waals surface area contributed by atoms with E-state index >= 15 is 0 Å². The monoisotopic (exact) mass is 293 g/mol. The van der Waals surface area contributed by atoms with Gasteiger partial charge in [0.15, 0.2) is 0 Å². The highest BCUT2D eigenvalue weighted by Crippen LogP contribution is 2.24. The van der Waals surface area contributed by atoms with Gasteiger partial charge in [-0.25, -0.2) is 0 Å². The number of nitriles is 1. The van der Waals surface area contributed by atoms with Crippen LogP contribution in [0.2, 0.25) is 0 Å². The molecule has 5 heteroatoms. The van der Waals surface area contributed by atoms with Crippen LogP contribution >= 0.6 is 11.3 Å². The van der Waals surface area contributed by atoms with Crippen LogP contribution in [-0.2, 0) is 6.42 Å². The largest absolute Gasteiger partial charge is 0.279 e. The molecule has 0 radical (unpaired) electrons. The molecule has 3 rings (SSSR count). The van der Waals surface area contributed by atoms with Crippen LogP contribution in [-0.4, -0.2) is 9.97 Å². The second-order valence-corrected chi connectivity index (χ2v) is 5.52. The third-order valence-corrected chi connectivity index (χ3v) is 4.12. The Morgan fingerprint density at radius 2 is 1.95 bits per heavy atom. The molecule has 0 amide bonds. The second kappa shape index (κ2) is 5.81. The van der Waals surface area contributed by atoms with Crippen LogP contribution in [0.3, 0.4) is 0 Å². The van der Waals surface area contributed by atoms with Crippen molar-refractivity contribution in [1.82, 2.24) is 9.97 Å². The van der Waals surface area contributed by atoms with E-state index in [0.29, 0.717) is 28.9 Å². The summed E-state index contributed by atoms with van der Waals surface area (Å²) in [6.45, 7) is 0. The van der Waals surface area contributed by atoms with E-state index < -0.39 is 0 Å². The van der Waals surface area contributed by atoms with Gasteiger partial charge in [0, 0.05) is 23.2 Å². The van der Waals surface area contributed by atoms with Crippen molar-refractivity contribution in [1.29, 1.82) is 5.26 Å². The smallest absolute Gasteiger partial charge is 0.267 e. The molecule has 102 valence electrons. The van der Waals surface area contributed by atoms with Gasteiger partial charge in [0.2, 0.25) is 0 Å². The maximum absolute atomic E-state index is 12.1. The molecular weight excluding hydrogens is 282 g/mol. The maximum Gasteiger partial charge on any atom is 0.279 e. The Morgan fingerprint density at radius 1 is 1.10 bits per heavy atom. The molecule has 2 heterocycles. The van der Waals surface area contributed by atoms with Crippen LogP contribution in [0.4, 0.5) is 0 Å². The summed E-state index contributed by atoms with van der Waals surface area (Å²) in [6, 6.07) is 15.1. The molecule has 0 aliphatic rings. The van der Waals surface area contributed by atoms with E-state index in [9.17, 15) is 4.79 Å². The zero-order valence-corrected chi connectivity index (χ0v) is 11.9. The molecule has 0 atom stereocenters. The van der Waals surface area contributed by atoms with E-state index in [1.807, 2.05) is 36.4 Å². The minimum absolute atomic E-state index is 0.233. The Balaban J connectivity index is 2.08. The molecule has 0 fully saturated rings. The molecule has 0 spiro atoms. The number of rotatable bonds is 3. The van der Waals surface area contributed by atoms with Crippen LogP contribution in [0.1, 0.15) is 12.1 Å². The third-order valence-electron chi connectivity index (χ3n) is 3.05. The molecule has 4 nitrogen and oxygen atoms in total. The lowest BCUT2D eigenvalue weighted by Gasteiger charge is -2.03. The molecule has 0 aliphatic carbocycles. The molecule has 1 aromatic carbocycles. The normalized spacial score (nSPS) is 10.4. The average Bonchev–Trinajstić information content (AvgIpc) is 2.53. The van der Waals surface area contributed by atoms with Gasteiger partial charge >= 0.3 is 0 Å². The van der Waals surface area contributed by atoms with E-state index in [1.54, 1.807) is 6.07 Å². The standard InChI is InChI=1S/C16H11N3OS/c17-10-4-6-11-5-3-8-13(18-11)16-19-15(20)12-7-1-2-9-14(12)21-16/h1-3,5,7-9H,4,6H2. The minimum Gasteiger partial charge on any atom is -0.267 e. The van der Waals surface area contributed by atoms with Crippen molar-refractivity contribution in [3.8, 4) is 16.8 Å². The van der Waals surface area contributed by atoms with Gasteiger partial charge in [0.1, 0.15) is 5.01 Å². The SMILES string of the molecule is N#CCCc1cccc(-c2nc(=O)c3ccccc3s2)n1. The summed E-state index contributed by atoms with van der Waals surface area (Å²) in [7, 11) is 0. The topological polar surface area (TPSA) is 66.6 Å². The lowest BCUT2D eigenvalue weighted by molar-refractivity contribution is 0.953. The van der Waals surface area contributed by atoms with Crippen molar-refractivity contribution in [2.75, 3.05) is 0 Å². The predicted octanol–water partition coefficient (Wildman–Crippen LogP) is 3.17. The Kier molecular flexibility index (Phi) is 3.71. The fourth-order valence-corrected chi connectivity index (χ4v) is 3.01. The second-order valence-electron chi connectivity index (χ2n) is 4.49. The van der Waals surface area contributed by atoms with E-state index in [1.165, 1.54) is 11.3 Å². The summed E-state index contributed by atoms with van der Waals surface area (Å²) in [5.74, 6) is 0. The Bertz CT molecular complexity index is 896. The zero-order chi connectivity index (χ0) is 14.7. The fraction of sp³-hybridized carbons (Fsp3) is 0.125. The summed E-state index contributed by atoms with van der Waals surface area (Å²) in [4.78, 5) is 20.7. The molecule has 0 bridgehead atoms. The van der Waals surface area contributed by atoms with E-state index in [-0.39, 0.29) is 5.56 Å². The predicted molar refractivity (Wildman–Crippen MR) is 83.1 cm³/mol. The Morgan fingerprint density at radius 3 is 2.81 bits per heavy atom. The summed E-state index contributed by atoms with van der Waals surface area (Å²) in [6.07, 6.45) is 1.03. The quantitative estimate of drug-likeness (QED) is 0.744. The van der Waals surface area contributed by atoms with E-state index in [0.717, 1.165) is 10.4 Å². The number of aromatic nitrogens is 2. The van der Waals surface area contributed by atoms with Crippen LogP contribution in [0, 0.1) is 11.3 Å². The first-order valence-corrected chi connectivity index (χ1v) is 7.33. The molecular formula is C16H11N3OS. The van der Waals surface area contributed by atoms with Crippen molar-refractivity contribution in [3.05, 3.63) is 58.5 Å². The summed E-state index contributed by atoms with van der Waals surface area (Å²) < 4.78 is 0.900. The number of hydrogen-bond acceptors (Lipinski definition) is 5. The van der Waals surface area contributed by atoms with Crippen molar-refractivity contribution < 1.29 is 0 Å². The maximum atomic E-state index is 12.1. The van der Waals surface area contributed by atoms with Crippen LogP contribution in [0.15, 0.2) is 47.3 Å². The van der Waals surface area contributed by atoms with Crippen molar-refractivity contribution in [2.45, 2.75) is 12.8 Å². The molecule has 3 aromatic rings. The first-order valence-electron chi connectivity index (χ1n) is 6.51. The van der Waals surface area contributed by atoms with Crippen molar-refractivity contribution >= 4 is 21.4 Å². The Labute approximate surface area is 125 Å². The Hall–Kier alpha value is -2.58. The van der Waals surface area contributed by atoms with Crippen LogP contribution < -0.4 is 5.56 Å². The van der Waals surface area contributed by atoms with Crippen LogP contribution in [0.5, 0.6) is 0 Å². The molecule has 2 aromatic heterocycles. The summed E-state index contributed by atoms with van der Waals surface area (Å²) in [5, 5.41) is 9.88. The van der Waals surface area contributed by atoms with Gasteiger partial charge in [-0.1, -0.05) is 18.2 Å². The molecule has 21 heavy (non-hydrogen) atoms. The highest BCUT2D eigenvalue weighted by molar-refractivity contribution is 7.21. The number of benzene rings is 1. The van der Waals surface area contributed by atoms with Crippen LogP contribution in [0.25, 0.3) is 20.8 Å². The van der Waals surface area contributed by atoms with Gasteiger partial charge in [0.05, 0.1) is 17.1 Å². The highest BCUT2D eigenvalue weighted by Gasteiger charge is 2.08. The number of aryl methyl sites for hydroxylation is 1. The number of nitrogens with zero attached hydrogens (tertiary/aromatic N) is 3. The number of hydrogen-bond donors (Lipinski definition) is 0. The van der Waals surface area contributed by atoms with Gasteiger partial charge in [-0.2, -0.15) is 10.2 Å². The third kappa shape index (κ3) is 2.81. The van der Waals surface area contributed by atoms with Crippen molar-refractivity contribution in [3.63, 3.8) is 0 Å². The molecule has 0 N–H and O–H groups in total. The molecule has 0 saturated heterocycles. The highest BCUT2D eigenvalue weighted by atomic mass is 32.1. The van der Waals surface area contributed by atoms with Crippen molar-refractivity contribution in [2.24, 2.45) is 0 Å². The van der Waals surface area contributed by atoms with Gasteiger partial charge < -0.3 is 0 Å². The molecule has 0 saturated carbocycles. The first kappa shape index (κ1) is 13.4. The first-order chi connectivity index (χ1) is 10.3. The lowest BCUT2D eigenvalue weighted by atomic mass is 10.2. The van der Waals surface area contributed by atoms with Gasteiger partial charge in [-0.05, 0) is 24.3 Å². The zero-order valence-electron chi connectivity index (χ0n) is 11.1. The lowest BCUT2D eigenvalue weighted by Crippen LogP contribution is -2.06. The molecule has 0 unspecified atom stereocenters. The fourth-order valence-electron chi connectivity index (χ4n) is 2.04. The average molecular weight is 293 g/mol. The number of fused-ring (bicyclic) bond motifs is 1. The molecule has 0 aliphatic heterocycles. The number of pyridine rings is 1. The summed E-state index contributed by atoms with van der Waals surface area (Å²) in [5.41, 5.74) is 1.28. The van der Waals surface area contributed by atoms with Gasteiger partial charge in [-0.15, -0.1) is 11.3 Å². The minimum atomic E-state index is -0.233.